The molecule has 0 saturated carbocycles. The van der Waals surface area contributed by atoms with Crippen molar-refractivity contribution in [2.24, 2.45) is 5.73 Å². The van der Waals surface area contributed by atoms with E-state index < -0.39 is 0 Å². The Labute approximate surface area is 82.5 Å². The van der Waals surface area contributed by atoms with Gasteiger partial charge in [0.05, 0.1) is 17.3 Å². The third-order valence-corrected chi connectivity index (χ3v) is 2.53. The van der Waals surface area contributed by atoms with E-state index in [0.29, 0.717) is 11.6 Å². The molecule has 0 amide bonds. The van der Waals surface area contributed by atoms with Crippen LogP contribution in [0, 0.1) is 6.92 Å². The summed E-state index contributed by atoms with van der Waals surface area (Å²) in [7, 11) is 0. The lowest BCUT2D eigenvalue weighted by Crippen LogP contribution is -2.16. The van der Waals surface area contributed by atoms with E-state index in [1.165, 1.54) is 0 Å². The Kier molecular flexibility index (Phi) is 3.66. The van der Waals surface area contributed by atoms with Crippen LogP contribution in [-0.2, 0) is 0 Å². The van der Waals surface area contributed by atoms with Gasteiger partial charge >= 0.3 is 0 Å². The first kappa shape index (κ1) is 10.4. The molecule has 1 aromatic heterocycles. The lowest BCUT2D eigenvalue weighted by Gasteiger charge is -2.14. The van der Waals surface area contributed by atoms with Crippen molar-refractivity contribution < 1.29 is 5.11 Å². The van der Waals surface area contributed by atoms with Gasteiger partial charge in [0.25, 0.3) is 0 Å². The van der Waals surface area contributed by atoms with Gasteiger partial charge in [-0.05, 0) is 18.6 Å². The fraction of sp³-hybridized carbons (Fsp3) is 0.444. The molecule has 3 nitrogen and oxygen atoms in total. The molecule has 0 fully saturated rings. The minimum Gasteiger partial charge on any atom is -0.396 e. The molecular weight excluding hydrogens is 188 g/mol. The van der Waals surface area contributed by atoms with Crippen molar-refractivity contribution in [1.82, 2.24) is 4.98 Å². The van der Waals surface area contributed by atoms with Crippen molar-refractivity contribution in [2.45, 2.75) is 12.8 Å². The molecule has 0 aliphatic heterocycles. The van der Waals surface area contributed by atoms with E-state index in [1.54, 1.807) is 12.3 Å². The predicted molar refractivity (Wildman–Crippen MR) is 52.9 cm³/mol. The minimum atomic E-state index is -0.0887. The Balaban J connectivity index is 3.05. The topological polar surface area (TPSA) is 59.1 Å². The number of hydrogen-bond acceptors (Lipinski definition) is 3. The standard InChI is InChI=1S/C9H13ClN2O/c1-6-9(10)8(2-3-12-6)7(4-11)5-13/h2-3,7,13H,4-5,11H2,1H3. The molecule has 72 valence electrons. The normalized spacial score (nSPS) is 12.9. The Morgan fingerprint density at radius 3 is 2.92 bits per heavy atom. The monoisotopic (exact) mass is 200 g/mol. The van der Waals surface area contributed by atoms with Crippen LogP contribution in [0.4, 0.5) is 0 Å². The van der Waals surface area contributed by atoms with E-state index in [-0.39, 0.29) is 12.5 Å². The van der Waals surface area contributed by atoms with Crippen LogP contribution in [0.2, 0.25) is 5.02 Å². The molecule has 3 N–H and O–H groups in total. The molecule has 0 aliphatic rings. The van der Waals surface area contributed by atoms with Gasteiger partial charge in [0.1, 0.15) is 0 Å². The van der Waals surface area contributed by atoms with Gasteiger partial charge in [-0.2, -0.15) is 0 Å². The van der Waals surface area contributed by atoms with Crippen molar-refractivity contribution in [1.29, 1.82) is 0 Å². The fourth-order valence-corrected chi connectivity index (χ4v) is 1.45. The highest BCUT2D eigenvalue weighted by Gasteiger charge is 2.13. The summed E-state index contributed by atoms with van der Waals surface area (Å²) in [5, 5.41) is 9.64. The summed E-state index contributed by atoms with van der Waals surface area (Å²) in [6.45, 7) is 2.23. The quantitative estimate of drug-likeness (QED) is 0.768. The van der Waals surface area contributed by atoms with Crippen molar-refractivity contribution in [3.8, 4) is 0 Å². The van der Waals surface area contributed by atoms with Crippen LogP contribution in [0.15, 0.2) is 12.3 Å². The number of aromatic nitrogens is 1. The maximum absolute atomic E-state index is 9.04. The van der Waals surface area contributed by atoms with Crippen LogP contribution < -0.4 is 5.73 Å². The number of aliphatic hydroxyl groups is 1. The predicted octanol–water partition coefficient (Wildman–Crippen LogP) is 1.08. The highest BCUT2D eigenvalue weighted by atomic mass is 35.5. The van der Waals surface area contributed by atoms with Gasteiger partial charge in [0.15, 0.2) is 0 Å². The summed E-state index contributed by atoms with van der Waals surface area (Å²) in [5.41, 5.74) is 7.14. The first-order chi connectivity index (χ1) is 6.20. The number of aliphatic hydroxyl groups excluding tert-OH is 1. The smallest absolute Gasteiger partial charge is 0.0654 e. The zero-order valence-corrected chi connectivity index (χ0v) is 8.25. The van der Waals surface area contributed by atoms with Gasteiger partial charge < -0.3 is 10.8 Å². The molecule has 13 heavy (non-hydrogen) atoms. The van der Waals surface area contributed by atoms with E-state index in [4.69, 9.17) is 22.4 Å². The molecule has 0 spiro atoms. The van der Waals surface area contributed by atoms with Gasteiger partial charge in [-0.3, -0.25) is 4.98 Å². The Morgan fingerprint density at radius 1 is 1.69 bits per heavy atom. The number of rotatable bonds is 3. The Hall–Kier alpha value is -0.640. The van der Waals surface area contributed by atoms with E-state index in [0.717, 1.165) is 11.3 Å². The Morgan fingerprint density at radius 2 is 2.38 bits per heavy atom. The molecule has 1 unspecified atom stereocenters. The van der Waals surface area contributed by atoms with E-state index in [9.17, 15) is 0 Å². The van der Waals surface area contributed by atoms with Crippen molar-refractivity contribution in [2.75, 3.05) is 13.2 Å². The van der Waals surface area contributed by atoms with Crippen molar-refractivity contribution >= 4 is 11.6 Å². The van der Waals surface area contributed by atoms with Gasteiger partial charge in [-0.1, -0.05) is 11.6 Å². The van der Waals surface area contributed by atoms with Gasteiger partial charge in [-0.15, -0.1) is 0 Å². The third kappa shape index (κ3) is 2.18. The van der Waals surface area contributed by atoms with Crippen molar-refractivity contribution in [3.05, 3.63) is 28.5 Å². The number of nitrogens with two attached hydrogens (primary N) is 1. The van der Waals surface area contributed by atoms with E-state index in [2.05, 4.69) is 4.98 Å². The van der Waals surface area contributed by atoms with Crippen molar-refractivity contribution in [3.63, 3.8) is 0 Å². The van der Waals surface area contributed by atoms with Crippen LogP contribution in [0.5, 0.6) is 0 Å². The number of aryl methyl sites for hydroxylation is 1. The molecule has 0 aromatic carbocycles. The largest absolute Gasteiger partial charge is 0.396 e. The molecule has 0 bridgehead atoms. The van der Waals surface area contributed by atoms with Crippen LogP contribution in [0.1, 0.15) is 17.2 Å². The maximum atomic E-state index is 9.04. The van der Waals surface area contributed by atoms with Gasteiger partial charge in [0.2, 0.25) is 0 Å². The summed E-state index contributed by atoms with van der Waals surface area (Å²) in [6, 6.07) is 1.79. The van der Waals surface area contributed by atoms with Gasteiger partial charge in [-0.25, -0.2) is 0 Å². The average molecular weight is 201 g/mol. The second-order valence-corrected chi connectivity index (χ2v) is 3.29. The average Bonchev–Trinajstić information content (AvgIpc) is 2.14. The van der Waals surface area contributed by atoms with E-state index in [1.807, 2.05) is 6.92 Å². The lowest BCUT2D eigenvalue weighted by atomic mass is 10.0. The third-order valence-electron chi connectivity index (χ3n) is 2.04. The summed E-state index contributed by atoms with van der Waals surface area (Å²) in [4.78, 5) is 4.04. The molecule has 1 atom stereocenters. The number of halogens is 1. The molecule has 1 rings (SSSR count). The molecule has 0 aliphatic carbocycles. The zero-order chi connectivity index (χ0) is 9.84. The summed E-state index contributed by atoms with van der Waals surface area (Å²) < 4.78 is 0. The molecule has 0 saturated heterocycles. The van der Waals surface area contributed by atoms with Gasteiger partial charge in [0, 0.05) is 18.7 Å². The van der Waals surface area contributed by atoms with Crippen LogP contribution in [0.3, 0.4) is 0 Å². The van der Waals surface area contributed by atoms with E-state index >= 15 is 0 Å². The molecular formula is C9H13ClN2O. The highest BCUT2D eigenvalue weighted by Crippen LogP contribution is 2.25. The number of hydrogen-bond donors (Lipinski definition) is 2. The molecule has 4 heteroatoms. The molecule has 1 aromatic rings. The van der Waals surface area contributed by atoms with Crippen LogP contribution >= 0.6 is 11.6 Å². The summed E-state index contributed by atoms with van der Waals surface area (Å²) in [6.07, 6.45) is 1.68. The van der Waals surface area contributed by atoms with Crippen LogP contribution in [0.25, 0.3) is 0 Å². The number of pyridine rings is 1. The molecule has 0 radical (unpaired) electrons. The summed E-state index contributed by atoms with van der Waals surface area (Å²) >= 11 is 6.02. The Bertz CT molecular complexity index is 287. The first-order valence-electron chi connectivity index (χ1n) is 4.12. The second-order valence-electron chi connectivity index (χ2n) is 2.91. The SMILES string of the molecule is Cc1nccc(C(CN)CO)c1Cl. The highest BCUT2D eigenvalue weighted by molar-refractivity contribution is 6.32. The second kappa shape index (κ2) is 4.56. The van der Waals surface area contributed by atoms with Crippen LogP contribution in [-0.4, -0.2) is 23.2 Å². The fourth-order valence-electron chi connectivity index (χ4n) is 1.18. The number of nitrogens with zero attached hydrogens (tertiary/aromatic N) is 1. The first-order valence-corrected chi connectivity index (χ1v) is 4.50. The zero-order valence-electron chi connectivity index (χ0n) is 7.50. The lowest BCUT2D eigenvalue weighted by molar-refractivity contribution is 0.268. The molecule has 1 heterocycles. The maximum Gasteiger partial charge on any atom is 0.0654 e. The summed E-state index contributed by atoms with van der Waals surface area (Å²) in [5.74, 6) is -0.0887. The minimum absolute atomic E-state index is 0.0136.